The van der Waals surface area contributed by atoms with Gasteiger partial charge in [0.15, 0.2) is 0 Å². The third kappa shape index (κ3) is 3.81. The van der Waals surface area contributed by atoms with E-state index in [0.717, 1.165) is 18.2 Å². The molecule has 1 N–H and O–H groups in total. The Labute approximate surface area is 179 Å². The number of nitrogens with one attached hydrogen (secondary N) is 1. The predicted molar refractivity (Wildman–Crippen MR) is 107 cm³/mol. The molecule has 0 fully saturated rings. The molecule has 166 valence electrons. The highest BCUT2D eigenvalue weighted by Crippen LogP contribution is 2.36. The van der Waals surface area contributed by atoms with Crippen LogP contribution in [0.5, 0.6) is 0 Å². The molecule has 1 aliphatic rings. The number of carbonyl (C=O) groups is 2. The standard InChI is InChI=1S/C21H17F4N5O2/c1-12-11-29(15-4-5-17(21(23,24)25)13(7-15)8-22)20(32)18-16(10-27-30(12)18)19(31)28-14-3-2-6-26-9-14/h2-7,9-10,12H,8,11H2,1H3,(H,28,31)/t12-/m0/s1. The molecule has 3 heterocycles. The molecule has 0 saturated carbocycles. The van der Waals surface area contributed by atoms with E-state index in [1.54, 1.807) is 19.1 Å². The van der Waals surface area contributed by atoms with Crippen LogP contribution < -0.4 is 10.2 Å². The van der Waals surface area contributed by atoms with Gasteiger partial charge < -0.3 is 10.2 Å². The van der Waals surface area contributed by atoms with Gasteiger partial charge in [-0.05, 0) is 42.8 Å². The molecular formula is C21H17F4N5O2. The van der Waals surface area contributed by atoms with Crippen molar-refractivity contribution < 1.29 is 27.2 Å². The lowest BCUT2D eigenvalue weighted by Crippen LogP contribution is -2.43. The summed E-state index contributed by atoms with van der Waals surface area (Å²) >= 11 is 0. The van der Waals surface area contributed by atoms with Crippen molar-refractivity contribution in [2.24, 2.45) is 0 Å². The molecule has 7 nitrogen and oxygen atoms in total. The first-order chi connectivity index (χ1) is 15.2. The second kappa shape index (κ2) is 8.06. The summed E-state index contributed by atoms with van der Waals surface area (Å²) in [5, 5.41) is 6.77. The van der Waals surface area contributed by atoms with Crippen molar-refractivity contribution in [3.05, 3.63) is 71.3 Å². The summed E-state index contributed by atoms with van der Waals surface area (Å²) < 4.78 is 54.1. The van der Waals surface area contributed by atoms with Crippen molar-refractivity contribution in [3.8, 4) is 0 Å². The number of halogens is 4. The van der Waals surface area contributed by atoms with Gasteiger partial charge in [0.1, 0.15) is 12.4 Å². The zero-order valence-electron chi connectivity index (χ0n) is 16.7. The minimum absolute atomic E-state index is 0.00743. The number of alkyl halides is 4. The highest BCUT2D eigenvalue weighted by atomic mass is 19.4. The Hall–Kier alpha value is -3.76. The van der Waals surface area contributed by atoms with E-state index in [9.17, 15) is 27.2 Å². The third-order valence-corrected chi connectivity index (χ3v) is 5.12. The van der Waals surface area contributed by atoms with Crippen molar-refractivity contribution in [3.63, 3.8) is 0 Å². The highest BCUT2D eigenvalue weighted by molar-refractivity contribution is 6.15. The Bertz CT molecular complexity index is 1180. The lowest BCUT2D eigenvalue weighted by molar-refractivity contribution is -0.138. The fourth-order valence-corrected chi connectivity index (χ4v) is 3.62. The summed E-state index contributed by atoms with van der Waals surface area (Å²) in [5.41, 5.74) is -1.14. The van der Waals surface area contributed by atoms with Crippen LogP contribution in [0.25, 0.3) is 0 Å². The summed E-state index contributed by atoms with van der Waals surface area (Å²) in [5.74, 6) is -1.21. The summed E-state index contributed by atoms with van der Waals surface area (Å²) in [6.45, 7) is 0.504. The first-order valence-corrected chi connectivity index (χ1v) is 9.57. The largest absolute Gasteiger partial charge is 0.416 e. The molecule has 0 saturated heterocycles. The summed E-state index contributed by atoms with van der Waals surface area (Å²) in [6.07, 6.45) is -0.477. The van der Waals surface area contributed by atoms with Crippen molar-refractivity contribution in [2.45, 2.75) is 25.8 Å². The maximum atomic E-state index is 13.3. The maximum Gasteiger partial charge on any atom is 0.416 e. The Morgan fingerprint density at radius 2 is 2.03 bits per heavy atom. The Kier molecular flexibility index (Phi) is 5.41. The monoisotopic (exact) mass is 447 g/mol. The Morgan fingerprint density at radius 3 is 2.69 bits per heavy atom. The van der Waals surface area contributed by atoms with E-state index >= 15 is 0 Å². The van der Waals surface area contributed by atoms with E-state index in [-0.39, 0.29) is 29.5 Å². The molecule has 2 aromatic heterocycles. The van der Waals surface area contributed by atoms with Gasteiger partial charge in [-0.2, -0.15) is 18.3 Å². The molecular weight excluding hydrogens is 430 g/mol. The number of amides is 2. The number of anilines is 2. The van der Waals surface area contributed by atoms with Crippen LogP contribution in [-0.4, -0.2) is 33.1 Å². The van der Waals surface area contributed by atoms with Crippen molar-refractivity contribution in [1.82, 2.24) is 14.8 Å². The smallest absolute Gasteiger partial charge is 0.320 e. The van der Waals surface area contributed by atoms with Crippen molar-refractivity contribution >= 4 is 23.2 Å². The van der Waals surface area contributed by atoms with E-state index < -0.39 is 35.8 Å². The predicted octanol–water partition coefficient (Wildman–Crippen LogP) is 4.24. The van der Waals surface area contributed by atoms with Crippen molar-refractivity contribution in [1.29, 1.82) is 0 Å². The van der Waals surface area contributed by atoms with Crippen LogP contribution in [0, 0.1) is 0 Å². The molecule has 0 aliphatic carbocycles. The van der Waals surface area contributed by atoms with Gasteiger partial charge in [-0.15, -0.1) is 0 Å². The molecule has 0 unspecified atom stereocenters. The van der Waals surface area contributed by atoms with Gasteiger partial charge in [0.05, 0.1) is 35.2 Å². The molecule has 3 aromatic rings. The molecule has 0 bridgehead atoms. The second-order valence-corrected chi connectivity index (χ2v) is 7.28. The molecule has 4 rings (SSSR count). The SMILES string of the molecule is C[C@H]1CN(c2ccc(C(F)(F)F)c(CF)c2)C(=O)c2c(C(=O)Nc3cccnc3)cnn21. The van der Waals surface area contributed by atoms with Crippen LogP contribution in [0.2, 0.25) is 0 Å². The zero-order valence-corrected chi connectivity index (χ0v) is 16.7. The number of hydrogen-bond acceptors (Lipinski definition) is 4. The van der Waals surface area contributed by atoms with Gasteiger partial charge in [0.2, 0.25) is 0 Å². The van der Waals surface area contributed by atoms with Crippen LogP contribution >= 0.6 is 0 Å². The number of hydrogen-bond donors (Lipinski definition) is 1. The number of nitrogens with zero attached hydrogens (tertiary/aromatic N) is 4. The number of carbonyl (C=O) groups excluding carboxylic acids is 2. The van der Waals surface area contributed by atoms with Crippen LogP contribution in [0.4, 0.5) is 28.9 Å². The fourth-order valence-electron chi connectivity index (χ4n) is 3.62. The lowest BCUT2D eigenvalue weighted by atomic mass is 10.0. The number of fused-ring (bicyclic) bond motifs is 1. The summed E-state index contributed by atoms with van der Waals surface area (Å²) in [4.78, 5) is 31.1. The zero-order chi connectivity index (χ0) is 23.0. The van der Waals surface area contributed by atoms with Gasteiger partial charge in [-0.1, -0.05) is 0 Å². The fraction of sp³-hybridized carbons (Fsp3) is 0.238. The quantitative estimate of drug-likeness (QED) is 0.607. The van der Waals surface area contributed by atoms with Crippen LogP contribution in [0.1, 0.15) is 44.9 Å². The van der Waals surface area contributed by atoms with Crippen molar-refractivity contribution in [2.75, 3.05) is 16.8 Å². The van der Waals surface area contributed by atoms with E-state index in [1.807, 2.05) is 0 Å². The minimum Gasteiger partial charge on any atom is -0.320 e. The molecule has 2 amide bonds. The first-order valence-electron chi connectivity index (χ1n) is 9.57. The average Bonchev–Trinajstić information content (AvgIpc) is 3.22. The minimum atomic E-state index is -4.71. The number of pyridine rings is 1. The molecule has 0 spiro atoms. The van der Waals surface area contributed by atoms with Crippen LogP contribution in [0.15, 0.2) is 48.9 Å². The number of benzene rings is 1. The van der Waals surface area contributed by atoms with E-state index in [2.05, 4.69) is 15.4 Å². The van der Waals surface area contributed by atoms with E-state index in [0.29, 0.717) is 5.69 Å². The second-order valence-electron chi connectivity index (χ2n) is 7.28. The van der Waals surface area contributed by atoms with Crippen LogP contribution in [0.3, 0.4) is 0 Å². The summed E-state index contributed by atoms with van der Waals surface area (Å²) in [6, 6.07) is 5.76. The molecule has 1 aromatic carbocycles. The normalized spacial score (nSPS) is 16.1. The van der Waals surface area contributed by atoms with E-state index in [4.69, 9.17) is 0 Å². The Balaban J connectivity index is 1.69. The van der Waals surface area contributed by atoms with Gasteiger partial charge in [-0.3, -0.25) is 19.3 Å². The van der Waals surface area contributed by atoms with Gasteiger partial charge in [-0.25, -0.2) is 4.39 Å². The first kappa shape index (κ1) is 21.5. The van der Waals surface area contributed by atoms with E-state index in [1.165, 1.54) is 28.2 Å². The third-order valence-electron chi connectivity index (χ3n) is 5.12. The Morgan fingerprint density at radius 1 is 1.25 bits per heavy atom. The highest BCUT2D eigenvalue weighted by Gasteiger charge is 2.37. The maximum absolute atomic E-state index is 13.3. The molecule has 11 heteroatoms. The molecule has 0 radical (unpaired) electrons. The van der Waals surface area contributed by atoms with Gasteiger partial charge >= 0.3 is 6.18 Å². The van der Waals surface area contributed by atoms with Gasteiger partial charge in [0.25, 0.3) is 11.8 Å². The average molecular weight is 447 g/mol. The lowest BCUT2D eigenvalue weighted by Gasteiger charge is -2.32. The topological polar surface area (TPSA) is 80.1 Å². The summed E-state index contributed by atoms with van der Waals surface area (Å²) in [7, 11) is 0. The number of aromatic nitrogens is 3. The molecule has 1 atom stereocenters. The van der Waals surface area contributed by atoms with Gasteiger partial charge in [0, 0.05) is 18.4 Å². The number of rotatable bonds is 4. The van der Waals surface area contributed by atoms with Crippen LogP contribution in [-0.2, 0) is 12.9 Å². The molecule has 1 aliphatic heterocycles. The molecule has 32 heavy (non-hydrogen) atoms.